The predicted molar refractivity (Wildman–Crippen MR) is 82.1 cm³/mol. The van der Waals surface area contributed by atoms with Crippen LogP contribution in [-0.4, -0.2) is 17.4 Å². The lowest BCUT2D eigenvalue weighted by Gasteiger charge is -2.07. The Hall–Kier alpha value is -2.20. The zero-order valence-electron chi connectivity index (χ0n) is 10.9. The molecule has 0 aliphatic heterocycles. The van der Waals surface area contributed by atoms with E-state index in [9.17, 15) is 4.79 Å². The van der Waals surface area contributed by atoms with Gasteiger partial charge in [0, 0.05) is 23.0 Å². The van der Waals surface area contributed by atoms with Gasteiger partial charge < -0.3 is 5.32 Å². The van der Waals surface area contributed by atoms with Gasteiger partial charge in [-0.25, -0.2) is 0 Å². The Bertz CT molecular complexity index is 717. The number of carbonyl (C=O) groups is 1. The van der Waals surface area contributed by atoms with Crippen molar-refractivity contribution in [1.29, 1.82) is 0 Å². The third-order valence-electron chi connectivity index (χ3n) is 3.13. The van der Waals surface area contributed by atoms with Crippen LogP contribution in [-0.2, 0) is 6.42 Å². The third kappa shape index (κ3) is 2.70. The van der Waals surface area contributed by atoms with E-state index >= 15 is 0 Å². The van der Waals surface area contributed by atoms with Gasteiger partial charge in [-0.2, -0.15) is 0 Å². The average molecular weight is 282 g/mol. The van der Waals surface area contributed by atoms with Gasteiger partial charge in [-0.3, -0.25) is 9.78 Å². The fourth-order valence-corrected chi connectivity index (χ4v) is 2.85. The molecular weight excluding hydrogens is 268 g/mol. The Morgan fingerprint density at radius 1 is 1.15 bits per heavy atom. The Balaban J connectivity index is 1.72. The molecular formula is C16H14N2OS. The molecule has 0 radical (unpaired) electrons. The van der Waals surface area contributed by atoms with Crippen molar-refractivity contribution in [3.63, 3.8) is 0 Å². The molecule has 1 amide bonds. The molecule has 100 valence electrons. The van der Waals surface area contributed by atoms with Crippen LogP contribution in [0, 0.1) is 0 Å². The quantitative estimate of drug-likeness (QED) is 0.798. The molecule has 0 saturated heterocycles. The summed E-state index contributed by atoms with van der Waals surface area (Å²) >= 11 is 1.71. The molecule has 20 heavy (non-hydrogen) atoms. The number of rotatable bonds is 4. The fourth-order valence-electron chi connectivity index (χ4n) is 2.14. The topological polar surface area (TPSA) is 42.0 Å². The molecule has 0 saturated carbocycles. The Morgan fingerprint density at radius 3 is 2.90 bits per heavy atom. The summed E-state index contributed by atoms with van der Waals surface area (Å²) in [4.78, 5) is 17.8. The van der Waals surface area contributed by atoms with Crippen LogP contribution in [0.4, 0.5) is 0 Å². The number of nitrogens with zero attached hydrogens (tertiary/aromatic N) is 1. The van der Waals surface area contributed by atoms with Gasteiger partial charge in [-0.15, -0.1) is 11.3 Å². The molecule has 3 rings (SSSR count). The summed E-state index contributed by atoms with van der Waals surface area (Å²) in [6, 6.07) is 13.6. The van der Waals surface area contributed by atoms with E-state index < -0.39 is 0 Å². The summed E-state index contributed by atoms with van der Waals surface area (Å²) < 4.78 is 0. The largest absolute Gasteiger partial charge is 0.352 e. The fraction of sp³-hybridized carbons (Fsp3) is 0.125. The lowest BCUT2D eigenvalue weighted by Crippen LogP contribution is -2.25. The molecule has 1 N–H and O–H groups in total. The van der Waals surface area contributed by atoms with Gasteiger partial charge in [0.25, 0.3) is 5.91 Å². The molecule has 2 aromatic heterocycles. The summed E-state index contributed by atoms with van der Waals surface area (Å²) in [5.41, 5.74) is 1.53. The van der Waals surface area contributed by atoms with Crippen LogP contribution in [0.25, 0.3) is 10.9 Å². The number of thiophene rings is 1. The predicted octanol–water partition coefficient (Wildman–Crippen LogP) is 3.27. The van der Waals surface area contributed by atoms with Crippen LogP contribution >= 0.6 is 11.3 Å². The highest BCUT2D eigenvalue weighted by Crippen LogP contribution is 2.16. The second-order valence-electron chi connectivity index (χ2n) is 4.46. The number of amides is 1. The SMILES string of the molecule is O=C(NCCc1cccs1)c1ccnc2ccccc12. The zero-order valence-corrected chi connectivity index (χ0v) is 11.7. The number of aromatic nitrogens is 1. The molecule has 0 bridgehead atoms. The van der Waals surface area contributed by atoms with Gasteiger partial charge in [0.2, 0.25) is 0 Å². The molecule has 0 atom stereocenters. The second kappa shape index (κ2) is 5.84. The molecule has 2 heterocycles. The van der Waals surface area contributed by atoms with Gasteiger partial charge in [-0.1, -0.05) is 24.3 Å². The van der Waals surface area contributed by atoms with Gasteiger partial charge in [0.1, 0.15) is 0 Å². The minimum Gasteiger partial charge on any atom is -0.352 e. The maximum absolute atomic E-state index is 12.3. The normalized spacial score (nSPS) is 10.6. The lowest BCUT2D eigenvalue weighted by atomic mass is 10.1. The van der Waals surface area contributed by atoms with Crippen LogP contribution in [0.2, 0.25) is 0 Å². The molecule has 0 spiro atoms. The zero-order chi connectivity index (χ0) is 13.8. The van der Waals surface area contributed by atoms with Crippen molar-refractivity contribution in [2.24, 2.45) is 0 Å². The summed E-state index contributed by atoms with van der Waals surface area (Å²) in [7, 11) is 0. The number of hydrogen-bond donors (Lipinski definition) is 1. The van der Waals surface area contributed by atoms with Gasteiger partial charge in [-0.05, 0) is 30.0 Å². The lowest BCUT2D eigenvalue weighted by molar-refractivity contribution is 0.0956. The Morgan fingerprint density at radius 2 is 2.05 bits per heavy atom. The molecule has 1 aromatic carbocycles. The number of para-hydroxylation sites is 1. The molecule has 3 nitrogen and oxygen atoms in total. The highest BCUT2D eigenvalue weighted by molar-refractivity contribution is 7.09. The molecule has 4 heteroatoms. The van der Waals surface area contributed by atoms with E-state index in [0.29, 0.717) is 12.1 Å². The Labute approximate surface area is 121 Å². The van der Waals surface area contributed by atoms with Crippen molar-refractivity contribution in [1.82, 2.24) is 10.3 Å². The first kappa shape index (κ1) is 12.8. The molecule has 0 aliphatic carbocycles. The first-order valence-corrected chi connectivity index (χ1v) is 7.37. The van der Waals surface area contributed by atoms with Crippen LogP contribution in [0.1, 0.15) is 15.2 Å². The van der Waals surface area contributed by atoms with Gasteiger partial charge >= 0.3 is 0 Å². The van der Waals surface area contributed by atoms with Crippen molar-refractivity contribution in [3.05, 3.63) is 64.5 Å². The van der Waals surface area contributed by atoms with Crippen molar-refractivity contribution >= 4 is 28.1 Å². The van der Waals surface area contributed by atoms with Crippen LogP contribution in [0.15, 0.2) is 54.0 Å². The third-order valence-corrected chi connectivity index (χ3v) is 4.07. The summed E-state index contributed by atoms with van der Waals surface area (Å²) in [6.07, 6.45) is 2.54. The number of fused-ring (bicyclic) bond motifs is 1. The van der Waals surface area contributed by atoms with Crippen LogP contribution in [0.5, 0.6) is 0 Å². The van der Waals surface area contributed by atoms with Crippen molar-refractivity contribution in [2.75, 3.05) is 6.54 Å². The van der Waals surface area contributed by atoms with Crippen LogP contribution in [0.3, 0.4) is 0 Å². The highest BCUT2D eigenvalue weighted by Gasteiger charge is 2.09. The Kier molecular flexibility index (Phi) is 3.74. The van der Waals surface area contributed by atoms with E-state index in [0.717, 1.165) is 17.3 Å². The number of nitrogens with one attached hydrogen (secondary N) is 1. The minimum absolute atomic E-state index is 0.0415. The average Bonchev–Trinajstić information content (AvgIpc) is 3.00. The monoisotopic (exact) mass is 282 g/mol. The number of carbonyl (C=O) groups excluding carboxylic acids is 1. The van der Waals surface area contributed by atoms with E-state index in [-0.39, 0.29) is 5.91 Å². The smallest absolute Gasteiger partial charge is 0.252 e. The van der Waals surface area contributed by atoms with E-state index in [2.05, 4.69) is 16.4 Å². The first-order valence-electron chi connectivity index (χ1n) is 6.49. The summed E-state index contributed by atoms with van der Waals surface area (Å²) in [5, 5.41) is 5.91. The second-order valence-corrected chi connectivity index (χ2v) is 5.49. The molecule has 0 aliphatic rings. The first-order chi connectivity index (χ1) is 9.84. The minimum atomic E-state index is -0.0415. The maximum Gasteiger partial charge on any atom is 0.252 e. The molecule has 0 unspecified atom stereocenters. The number of pyridine rings is 1. The standard InChI is InChI=1S/C16H14N2OS/c19-16(18-9-7-12-4-3-11-20-12)14-8-10-17-15-6-2-1-5-13(14)15/h1-6,8,10-11H,7,9H2,(H,18,19). The van der Waals surface area contributed by atoms with Crippen molar-refractivity contribution < 1.29 is 4.79 Å². The van der Waals surface area contributed by atoms with E-state index in [1.165, 1.54) is 4.88 Å². The summed E-state index contributed by atoms with van der Waals surface area (Å²) in [5.74, 6) is -0.0415. The van der Waals surface area contributed by atoms with Crippen molar-refractivity contribution in [2.45, 2.75) is 6.42 Å². The van der Waals surface area contributed by atoms with Gasteiger partial charge in [0.05, 0.1) is 11.1 Å². The highest BCUT2D eigenvalue weighted by atomic mass is 32.1. The molecule has 0 fully saturated rings. The van der Waals surface area contributed by atoms with E-state index in [4.69, 9.17) is 0 Å². The number of benzene rings is 1. The van der Waals surface area contributed by atoms with E-state index in [1.807, 2.05) is 35.7 Å². The van der Waals surface area contributed by atoms with Gasteiger partial charge in [0.15, 0.2) is 0 Å². The number of hydrogen-bond acceptors (Lipinski definition) is 3. The van der Waals surface area contributed by atoms with E-state index in [1.54, 1.807) is 23.6 Å². The van der Waals surface area contributed by atoms with Crippen LogP contribution < -0.4 is 5.32 Å². The summed E-state index contributed by atoms with van der Waals surface area (Å²) in [6.45, 7) is 0.649. The van der Waals surface area contributed by atoms with Crippen molar-refractivity contribution in [3.8, 4) is 0 Å². The maximum atomic E-state index is 12.3. The molecule has 3 aromatic rings.